The van der Waals surface area contributed by atoms with Crippen LogP contribution in [0.4, 0.5) is 34.1 Å². The summed E-state index contributed by atoms with van der Waals surface area (Å²) in [6, 6.07) is 70.6. The Kier molecular flexibility index (Phi) is 7.42. The molecule has 0 N–H and O–H groups in total. The van der Waals surface area contributed by atoms with Gasteiger partial charge in [0.1, 0.15) is 11.5 Å². The maximum atomic E-state index is 7.09. The molecule has 0 saturated heterocycles. The first-order valence-electron chi connectivity index (χ1n) is 20.4. The van der Waals surface area contributed by atoms with Crippen molar-refractivity contribution in [1.82, 2.24) is 4.57 Å². The van der Waals surface area contributed by atoms with Gasteiger partial charge in [0.15, 0.2) is 0 Å². The highest BCUT2D eigenvalue weighted by atomic mass is 16.5. The summed E-state index contributed by atoms with van der Waals surface area (Å²) in [6.45, 7) is 4.32. The van der Waals surface area contributed by atoms with E-state index in [0.29, 0.717) is 0 Å². The van der Waals surface area contributed by atoms with E-state index >= 15 is 0 Å². The molecule has 0 atom stereocenters. The predicted molar refractivity (Wildman–Crippen MR) is 248 cm³/mol. The third-order valence-electron chi connectivity index (χ3n) is 12.3. The second kappa shape index (κ2) is 13.0. The largest absolute Gasteiger partial charge is 0.458 e. The summed E-state index contributed by atoms with van der Waals surface area (Å²) in [6.07, 6.45) is 0. The highest BCUT2D eigenvalue weighted by molar-refractivity contribution is 6.99. The van der Waals surface area contributed by atoms with Crippen LogP contribution in [0.2, 0.25) is 0 Å². The molecule has 2 aliphatic rings. The fraction of sp³-hybridized carbons (Fsp3) is 0.0370. The number of ether oxygens (including phenoxy) is 1. The van der Waals surface area contributed by atoms with Crippen molar-refractivity contribution in [1.29, 1.82) is 0 Å². The first kappa shape index (κ1) is 33.6. The van der Waals surface area contributed by atoms with Gasteiger partial charge in [-0.3, -0.25) is 0 Å². The molecule has 278 valence electrons. The number of para-hydroxylation sites is 3. The number of aromatic nitrogens is 1. The van der Waals surface area contributed by atoms with Gasteiger partial charge in [-0.05, 0) is 121 Å². The normalized spacial score (nSPS) is 12.6. The van der Waals surface area contributed by atoms with E-state index in [1.54, 1.807) is 0 Å². The number of hydrogen-bond donors (Lipinski definition) is 0. The van der Waals surface area contributed by atoms with E-state index < -0.39 is 0 Å². The number of nitrogens with zero attached hydrogens (tertiary/aromatic N) is 3. The van der Waals surface area contributed by atoms with Crippen LogP contribution in [-0.2, 0) is 0 Å². The van der Waals surface area contributed by atoms with Crippen LogP contribution in [0.5, 0.6) is 11.5 Å². The number of rotatable bonds is 5. The molecule has 0 radical (unpaired) electrons. The van der Waals surface area contributed by atoms with Crippen molar-refractivity contribution in [3.05, 3.63) is 205 Å². The number of benzene rings is 9. The summed E-state index contributed by atoms with van der Waals surface area (Å²) in [5, 5.41) is 4.75. The number of anilines is 6. The molecule has 10 aromatic rings. The van der Waals surface area contributed by atoms with Crippen molar-refractivity contribution in [2.24, 2.45) is 0 Å². The molecule has 0 aliphatic carbocycles. The SMILES string of the molecule is Cc1ccc(N2c3ccc(C)cc3B3c4cc5c(cc4Oc4cccc2c43)c2c3ccccc3c(N(c3ccccc3)c3ccccc3)cc2n5-c2ccccc2)cc1. The molecule has 3 heterocycles. The van der Waals surface area contributed by atoms with Crippen molar-refractivity contribution in [3.8, 4) is 17.2 Å². The van der Waals surface area contributed by atoms with E-state index in [9.17, 15) is 0 Å². The number of hydrogen-bond acceptors (Lipinski definition) is 3. The van der Waals surface area contributed by atoms with E-state index in [0.717, 1.165) is 62.0 Å². The first-order chi connectivity index (χ1) is 29.1. The van der Waals surface area contributed by atoms with E-state index in [-0.39, 0.29) is 6.71 Å². The molecule has 0 amide bonds. The molecule has 59 heavy (non-hydrogen) atoms. The Hall–Kier alpha value is -7.50. The monoisotopic (exact) mass is 755 g/mol. The average molecular weight is 756 g/mol. The molecule has 1 aromatic heterocycles. The molecular formula is C54H38BN3O. The van der Waals surface area contributed by atoms with Crippen LogP contribution in [0.3, 0.4) is 0 Å². The molecule has 4 nitrogen and oxygen atoms in total. The van der Waals surface area contributed by atoms with Crippen molar-refractivity contribution < 1.29 is 4.74 Å². The fourth-order valence-electron chi connectivity index (χ4n) is 9.75. The van der Waals surface area contributed by atoms with Crippen LogP contribution in [0.25, 0.3) is 38.3 Å². The summed E-state index contributed by atoms with van der Waals surface area (Å²) >= 11 is 0. The third kappa shape index (κ3) is 5.11. The standard InChI is InChI=1S/C54H38BN3O/c1-35-25-28-40(29-26-35)57-46-30-27-36(2)31-44(46)55-45-33-48-43(32-52(45)59-51-24-14-23-47(57)54(51)55)53-42-22-13-12-21-41(42)49(34-50(53)58(48)39-19-10-5-11-20-39)56(37-15-6-3-7-16-37)38-17-8-4-9-18-38/h3-34H,1-2H3. The Morgan fingerprint density at radius 3 is 1.85 bits per heavy atom. The van der Waals surface area contributed by atoms with Crippen molar-refractivity contribution >= 4 is 89.8 Å². The molecule has 0 spiro atoms. The van der Waals surface area contributed by atoms with Gasteiger partial charge in [-0.2, -0.15) is 0 Å². The smallest absolute Gasteiger partial charge is 0.256 e. The lowest BCUT2D eigenvalue weighted by Gasteiger charge is -2.40. The molecule has 9 aromatic carbocycles. The lowest BCUT2D eigenvalue weighted by molar-refractivity contribution is 0.488. The van der Waals surface area contributed by atoms with Gasteiger partial charge in [-0.15, -0.1) is 0 Å². The zero-order chi connectivity index (χ0) is 39.2. The second-order valence-corrected chi connectivity index (χ2v) is 15.9. The molecule has 2 aliphatic heterocycles. The minimum Gasteiger partial charge on any atom is -0.458 e. The minimum atomic E-state index is -0.0212. The molecule has 12 rings (SSSR count). The van der Waals surface area contributed by atoms with Crippen molar-refractivity contribution in [2.45, 2.75) is 13.8 Å². The summed E-state index contributed by atoms with van der Waals surface area (Å²) in [7, 11) is 0. The lowest BCUT2D eigenvalue weighted by atomic mass is 9.34. The van der Waals surface area contributed by atoms with Gasteiger partial charge in [-0.25, -0.2) is 0 Å². The first-order valence-corrected chi connectivity index (χ1v) is 20.4. The third-order valence-corrected chi connectivity index (χ3v) is 12.3. The zero-order valence-corrected chi connectivity index (χ0v) is 32.8. The van der Waals surface area contributed by atoms with Crippen LogP contribution in [0, 0.1) is 13.8 Å². The molecule has 0 unspecified atom stereocenters. The fourth-order valence-corrected chi connectivity index (χ4v) is 9.75. The number of fused-ring (bicyclic) bond motifs is 9. The summed E-state index contributed by atoms with van der Waals surface area (Å²) in [5.74, 6) is 1.81. The average Bonchev–Trinajstić information content (AvgIpc) is 3.60. The van der Waals surface area contributed by atoms with E-state index in [1.807, 2.05) is 0 Å². The summed E-state index contributed by atoms with van der Waals surface area (Å²) < 4.78 is 9.56. The van der Waals surface area contributed by atoms with Crippen molar-refractivity contribution in [2.75, 3.05) is 9.80 Å². The Balaban J connectivity index is 1.17. The van der Waals surface area contributed by atoms with E-state index in [1.165, 1.54) is 49.4 Å². The van der Waals surface area contributed by atoms with Gasteiger partial charge in [0, 0.05) is 50.3 Å². The van der Waals surface area contributed by atoms with Crippen LogP contribution < -0.4 is 30.9 Å². The van der Waals surface area contributed by atoms with Gasteiger partial charge >= 0.3 is 0 Å². The Bertz CT molecular complexity index is 3230. The van der Waals surface area contributed by atoms with Gasteiger partial charge in [0.2, 0.25) is 0 Å². The Labute approximate surface area is 343 Å². The summed E-state index contributed by atoms with van der Waals surface area (Å²) in [5.41, 5.74) is 16.4. The second-order valence-electron chi connectivity index (χ2n) is 15.9. The van der Waals surface area contributed by atoms with Crippen LogP contribution in [0.1, 0.15) is 11.1 Å². The van der Waals surface area contributed by atoms with Gasteiger partial charge in [-0.1, -0.05) is 120 Å². The minimum absolute atomic E-state index is 0.0212. The van der Waals surface area contributed by atoms with Gasteiger partial charge in [0.05, 0.1) is 16.7 Å². The maximum Gasteiger partial charge on any atom is 0.256 e. The summed E-state index contributed by atoms with van der Waals surface area (Å²) in [4.78, 5) is 4.80. The molecule has 5 heteroatoms. The highest BCUT2D eigenvalue weighted by Gasteiger charge is 2.42. The quantitative estimate of drug-likeness (QED) is 0.163. The maximum absolute atomic E-state index is 7.09. The lowest BCUT2D eigenvalue weighted by Crippen LogP contribution is -2.59. The van der Waals surface area contributed by atoms with E-state index in [4.69, 9.17) is 4.74 Å². The van der Waals surface area contributed by atoms with Crippen LogP contribution in [-0.4, -0.2) is 11.3 Å². The zero-order valence-electron chi connectivity index (χ0n) is 32.8. The highest BCUT2D eigenvalue weighted by Crippen LogP contribution is 2.47. The van der Waals surface area contributed by atoms with E-state index in [2.05, 4.69) is 222 Å². The van der Waals surface area contributed by atoms with Crippen molar-refractivity contribution in [3.63, 3.8) is 0 Å². The number of aryl methyl sites for hydroxylation is 2. The predicted octanol–water partition coefficient (Wildman–Crippen LogP) is 12.4. The van der Waals surface area contributed by atoms with Crippen LogP contribution >= 0.6 is 0 Å². The van der Waals surface area contributed by atoms with Gasteiger partial charge < -0.3 is 19.1 Å². The topological polar surface area (TPSA) is 20.6 Å². The molecular weight excluding hydrogens is 717 g/mol. The molecule has 0 bridgehead atoms. The van der Waals surface area contributed by atoms with Crippen LogP contribution in [0.15, 0.2) is 194 Å². The Morgan fingerprint density at radius 1 is 0.458 bits per heavy atom. The Morgan fingerprint density at radius 2 is 1.12 bits per heavy atom. The molecule has 0 fully saturated rings. The molecule has 0 saturated carbocycles. The van der Waals surface area contributed by atoms with Gasteiger partial charge in [0.25, 0.3) is 6.71 Å².